The Bertz CT molecular complexity index is 452. The predicted molar refractivity (Wildman–Crippen MR) is 90.2 cm³/mol. The molecule has 1 N–H and O–H groups in total. The van der Waals surface area contributed by atoms with Gasteiger partial charge < -0.3 is 15.1 Å². The van der Waals surface area contributed by atoms with E-state index in [9.17, 15) is 0 Å². The van der Waals surface area contributed by atoms with E-state index >= 15 is 0 Å². The van der Waals surface area contributed by atoms with Crippen molar-refractivity contribution in [2.45, 2.75) is 38.8 Å². The summed E-state index contributed by atoms with van der Waals surface area (Å²) in [5.74, 6) is 1.01. The van der Waals surface area contributed by atoms with Crippen molar-refractivity contribution in [3.05, 3.63) is 22.8 Å². The van der Waals surface area contributed by atoms with Crippen molar-refractivity contribution in [1.82, 2.24) is 15.2 Å². The van der Waals surface area contributed by atoms with Gasteiger partial charge in [0.1, 0.15) is 5.82 Å². The van der Waals surface area contributed by atoms with Crippen LogP contribution in [0.2, 0.25) is 5.02 Å². The summed E-state index contributed by atoms with van der Waals surface area (Å²) in [6, 6.07) is 4.61. The smallest absolute Gasteiger partial charge is 0.128 e. The molecule has 1 unspecified atom stereocenters. The zero-order valence-corrected chi connectivity index (χ0v) is 14.2. The highest BCUT2D eigenvalue weighted by molar-refractivity contribution is 6.31. The Kier molecular flexibility index (Phi) is 6.27. The van der Waals surface area contributed by atoms with Crippen molar-refractivity contribution in [2.75, 3.05) is 38.6 Å². The van der Waals surface area contributed by atoms with E-state index in [-0.39, 0.29) is 0 Å². The van der Waals surface area contributed by atoms with Crippen molar-refractivity contribution in [3.8, 4) is 0 Å². The summed E-state index contributed by atoms with van der Waals surface area (Å²) in [4.78, 5) is 9.41. The number of likely N-dealkylation sites (N-methyl/N-ethyl adjacent to an activating group) is 2. The van der Waals surface area contributed by atoms with Crippen LogP contribution in [0.3, 0.4) is 0 Å². The Morgan fingerprint density at radius 1 is 1.48 bits per heavy atom. The minimum Gasteiger partial charge on any atom is -0.358 e. The molecule has 1 aliphatic rings. The van der Waals surface area contributed by atoms with E-state index in [1.54, 1.807) is 0 Å². The zero-order chi connectivity index (χ0) is 15.2. The van der Waals surface area contributed by atoms with Gasteiger partial charge in [-0.2, -0.15) is 0 Å². The van der Waals surface area contributed by atoms with Crippen LogP contribution in [0.4, 0.5) is 5.82 Å². The van der Waals surface area contributed by atoms with E-state index in [2.05, 4.69) is 36.1 Å². The van der Waals surface area contributed by atoms with Crippen LogP contribution in [0.5, 0.6) is 0 Å². The molecule has 0 saturated carbocycles. The first kappa shape index (κ1) is 16.5. The van der Waals surface area contributed by atoms with Crippen LogP contribution < -0.4 is 10.2 Å². The van der Waals surface area contributed by atoms with Crippen molar-refractivity contribution in [3.63, 3.8) is 0 Å². The lowest BCUT2D eigenvalue weighted by molar-refractivity contribution is 0.314. The molecule has 1 aromatic heterocycles. The summed E-state index contributed by atoms with van der Waals surface area (Å²) in [6.45, 7) is 6.11. The number of hydrogen-bond donors (Lipinski definition) is 1. The average molecular weight is 311 g/mol. The minimum absolute atomic E-state index is 0.633. The highest BCUT2D eigenvalue weighted by Crippen LogP contribution is 2.21. The average Bonchev–Trinajstić information content (AvgIpc) is 2.86. The molecule has 0 amide bonds. The molecule has 1 aromatic rings. The summed E-state index contributed by atoms with van der Waals surface area (Å²) in [6.07, 6.45) is 3.69. The normalized spacial score (nSPS) is 19.1. The third-order valence-electron chi connectivity index (χ3n) is 4.17. The molecule has 1 atom stereocenters. The molecule has 21 heavy (non-hydrogen) atoms. The first-order valence-electron chi connectivity index (χ1n) is 7.89. The van der Waals surface area contributed by atoms with E-state index in [0.717, 1.165) is 42.6 Å². The molecule has 1 saturated heterocycles. The summed E-state index contributed by atoms with van der Waals surface area (Å²) in [7, 11) is 4.33. The van der Waals surface area contributed by atoms with Crippen LogP contribution in [0, 0.1) is 0 Å². The summed E-state index contributed by atoms with van der Waals surface area (Å²) < 4.78 is 0. The molecule has 0 aliphatic carbocycles. The molecule has 0 aromatic carbocycles. The fourth-order valence-electron chi connectivity index (χ4n) is 2.81. The first-order chi connectivity index (χ1) is 10.1. The monoisotopic (exact) mass is 310 g/mol. The van der Waals surface area contributed by atoms with Gasteiger partial charge in [-0.1, -0.05) is 18.5 Å². The number of nitrogens with one attached hydrogen (secondary N) is 1. The van der Waals surface area contributed by atoms with Crippen LogP contribution in [0.25, 0.3) is 0 Å². The second-order valence-electron chi connectivity index (χ2n) is 5.93. The molecule has 1 fully saturated rings. The lowest BCUT2D eigenvalue weighted by Crippen LogP contribution is -2.37. The van der Waals surface area contributed by atoms with E-state index in [4.69, 9.17) is 16.6 Å². The molecule has 1 aliphatic heterocycles. The van der Waals surface area contributed by atoms with Crippen molar-refractivity contribution in [1.29, 1.82) is 0 Å². The van der Waals surface area contributed by atoms with Gasteiger partial charge in [-0.3, -0.25) is 0 Å². The number of hydrogen-bond acceptors (Lipinski definition) is 4. The molecule has 0 radical (unpaired) electrons. The van der Waals surface area contributed by atoms with Crippen LogP contribution in [-0.2, 0) is 6.54 Å². The summed E-state index contributed by atoms with van der Waals surface area (Å²) in [5, 5.41) is 4.11. The van der Waals surface area contributed by atoms with Gasteiger partial charge in [-0.15, -0.1) is 0 Å². The lowest BCUT2D eigenvalue weighted by atomic mass is 10.2. The maximum atomic E-state index is 6.24. The third kappa shape index (κ3) is 4.56. The highest BCUT2D eigenvalue weighted by atomic mass is 35.5. The topological polar surface area (TPSA) is 31.4 Å². The Labute approximate surface area is 133 Å². The van der Waals surface area contributed by atoms with Crippen molar-refractivity contribution >= 4 is 17.4 Å². The quantitative estimate of drug-likeness (QED) is 0.785. The maximum absolute atomic E-state index is 6.24. The molecular weight excluding hydrogens is 284 g/mol. The fourth-order valence-corrected chi connectivity index (χ4v) is 2.98. The number of halogens is 1. The maximum Gasteiger partial charge on any atom is 0.128 e. The molecule has 0 bridgehead atoms. The fraction of sp³-hybridized carbons (Fsp3) is 0.688. The number of rotatable bonds is 7. The molecule has 2 rings (SSSR count). The number of nitrogens with zero attached hydrogens (tertiary/aromatic N) is 3. The van der Waals surface area contributed by atoms with Gasteiger partial charge in [-0.25, -0.2) is 4.98 Å². The van der Waals surface area contributed by atoms with Crippen LogP contribution >= 0.6 is 11.6 Å². The molecule has 0 spiro atoms. The molecular formula is C16H27ClN4. The molecule has 5 heteroatoms. The Balaban J connectivity index is 1.99. The predicted octanol–water partition coefficient (Wildman–Crippen LogP) is 2.77. The SMILES string of the molecule is CCCNCc1nc(N(C)CC2CCCN2C)ccc1Cl. The number of likely N-dealkylation sites (tertiary alicyclic amines) is 1. The first-order valence-corrected chi connectivity index (χ1v) is 8.27. The van der Waals surface area contributed by atoms with Gasteiger partial charge >= 0.3 is 0 Å². The third-order valence-corrected chi connectivity index (χ3v) is 4.51. The summed E-state index contributed by atoms with van der Waals surface area (Å²) >= 11 is 6.24. The standard InChI is InChI=1S/C16H27ClN4/c1-4-9-18-11-15-14(17)7-8-16(19-15)21(3)12-13-6-5-10-20(13)2/h7-8,13,18H,4-6,9-12H2,1-3H3. The second-order valence-corrected chi connectivity index (χ2v) is 6.34. The van der Waals surface area contributed by atoms with Gasteiger partial charge in [0.05, 0.1) is 10.7 Å². The van der Waals surface area contributed by atoms with Crippen LogP contribution in [-0.4, -0.2) is 49.7 Å². The Morgan fingerprint density at radius 2 is 2.29 bits per heavy atom. The number of pyridine rings is 1. The van der Waals surface area contributed by atoms with Gasteiger partial charge in [0.15, 0.2) is 0 Å². The second kappa shape index (κ2) is 7.97. The largest absolute Gasteiger partial charge is 0.358 e. The lowest BCUT2D eigenvalue weighted by Gasteiger charge is -2.27. The van der Waals surface area contributed by atoms with E-state index in [1.165, 1.54) is 19.4 Å². The van der Waals surface area contributed by atoms with Crippen molar-refractivity contribution in [2.24, 2.45) is 0 Å². The number of anilines is 1. The van der Waals surface area contributed by atoms with E-state index < -0.39 is 0 Å². The van der Waals surface area contributed by atoms with Crippen LogP contribution in [0.1, 0.15) is 31.9 Å². The Hall–Kier alpha value is -0.840. The van der Waals surface area contributed by atoms with E-state index in [0.29, 0.717) is 6.04 Å². The van der Waals surface area contributed by atoms with Crippen molar-refractivity contribution < 1.29 is 0 Å². The highest BCUT2D eigenvalue weighted by Gasteiger charge is 2.22. The van der Waals surface area contributed by atoms with Crippen LogP contribution in [0.15, 0.2) is 12.1 Å². The van der Waals surface area contributed by atoms with Gasteiger partial charge in [0, 0.05) is 26.2 Å². The zero-order valence-electron chi connectivity index (χ0n) is 13.4. The van der Waals surface area contributed by atoms with Gasteiger partial charge in [0.25, 0.3) is 0 Å². The summed E-state index contributed by atoms with van der Waals surface area (Å²) in [5.41, 5.74) is 0.939. The molecule has 4 nitrogen and oxygen atoms in total. The van der Waals surface area contributed by atoms with Gasteiger partial charge in [-0.05, 0) is 51.5 Å². The Morgan fingerprint density at radius 3 is 2.95 bits per heavy atom. The van der Waals surface area contributed by atoms with E-state index in [1.807, 2.05) is 12.1 Å². The number of aromatic nitrogens is 1. The molecule has 2 heterocycles. The molecule has 118 valence electrons. The van der Waals surface area contributed by atoms with Gasteiger partial charge in [0.2, 0.25) is 0 Å². The minimum atomic E-state index is 0.633.